The van der Waals surface area contributed by atoms with Crippen molar-refractivity contribution < 1.29 is 9.21 Å². The van der Waals surface area contributed by atoms with Gasteiger partial charge in [0.2, 0.25) is 5.91 Å². The quantitative estimate of drug-likeness (QED) is 0.753. The van der Waals surface area contributed by atoms with Crippen LogP contribution in [0.5, 0.6) is 0 Å². The highest BCUT2D eigenvalue weighted by atomic mass is 16.3. The number of nitrogens with one attached hydrogen (secondary N) is 1. The fourth-order valence-corrected chi connectivity index (χ4v) is 1.32. The summed E-state index contributed by atoms with van der Waals surface area (Å²) >= 11 is 0. The number of oxazole rings is 1. The number of hydrogen-bond donors (Lipinski definition) is 1. The third kappa shape index (κ3) is 1.88. The van der Waals surface area contributed by atoms with Crippen LogP contribution in [0, 0.1) is 11.8 Å². The molecule has 1 N–H and O–H groups in total. The average molecular weight is 180 g/mol. The van der Waals surface area contributed by atoms with Crippen molar-refractivity contribution in [2.24, 2.45) is 11.8 Å². The fraction of sp³-hybridized carbons (Fsp3) is 0.556. The van der Waals surface area contributed by atoms with E-state index in [9.17, 15) is 4.79 Å². The minimum atomic E-state index is 0.135. The second-order valence-corrected chi connectivity index (χ2v) is 3.52. The molecule has 0 spiro atoms. The number of carbonyl (C=O) groups is 1. The fourth-order valence-electron chi connectivity index (χ4n) is 1.32. The molecule has 0 radical (unpaired) electrons. The van der Waals surface area contributed by atoms with E-state index in [1.54, 1.807) is 0 Å². The van der Waals surface area contributed by atoms with Gasteiger partial charge in [0.1, 0.15) is 6.26 Å². The summed E-state index contributed by atoms with van der Waals surface area (Å²) in [5.74, 6) is 0.916. The molecule has 1 aliphatic carbocycles. The van der Waals surface area contributed by atoms with Crippen LogP contribution in [0.4, 0.5) is 0 Å². The van der Waals surface area contributed by atoms with Crippen LogP contribution in [0.2, 0.25) is 0 Å². The Balaban J connectivity index is 1.77. The smallest absolute Gasteiger partial charge is 0.223 e. The third-order valence-corrected chi connectivity index (χ3v) is 2.37. The zero-order valence-electron chi connectivity index (χ0n) is 7.49. The Bertz CT molecular complexity index is 295. The summed E-state index contributed by atoms with van der Waals surface area (Å²) < 4.78 is 4.78. The third-order valence-electron chi connectivity index (χ3n) is 2.37. The molecule has 1 fully saturated rings. The first-order valence-corrected chi connectivity index (χ1v) is 4.42. The molecule has 1 saturated carbocycles. The predicted octanol–water partition coefficient (Wildman–Crippen LogP) is 0.947. The lowest BCUT2D eigenvalue weighted by Gasteiger charge is -2.00. The van der Waals surface area contributed by atoms with E-state index >= 15 is 0 Å². The molecule has 1 heterocycles. The van der Waals surface area contributed by atoms with E-state index in [0.29, 0.717) is 12.5 Å². The lowest BCUT2D eigenvalue weighted by Crippen LogP contribution is -2.24. The van der Waals surface area contributed by atoms with Crippen molar-refractivity contribution in [2.75, 3.05) is 0 Å². The first-order chi connectivity index (χ1) is 6.27. The number of carbonyl (C=O) groups excluding carboxylic acids is 1. The van der Waals surface area contributed by atoms with Crippen LogP contribution in [0.25, 0.3) is 0 Å². The van der Waals surface area contributed by atoms with Gasteiger partial charge in [-0.2, -0.15) is 0 Å². The van der Waals surface area contributed by atoms with Crippen molar-refractivity contribution in [2.45, 2.75) is 19.9 Å². The van der Waals surface area contributed by atoms with Gasteiger partial charge in [-0.05, 0) is 12.3 Å². The number of amides is 1. The maximum atomic E-state index is 11.3. The largest absolute Gasteiger partial charge is 0.451 e. The minimum absolute atomic E-state index is 0.135. The molecular weight excluding hydrogens is 168 g/mol. The molecule has 2 atom stereocenters. The summed E-state index contributed by atoms with van der Waals surface area (Å²) in [6, 6.07) is 0. The normalized spacial score (nSPS) is 25.6. The highest BCUT2D eigenvalue weighted by Gasteiger charge is 2.38. The highest BCUT2D eigenvalue weighted by Crippen LogP contribution is 2.37. The zero-order chi connectivity index (χ0) is 9.26. The van der Waals surface area contributed by atoms with Gasteiger partial charge >= 0.3 is 0 Å². The van der Waals surface area contributed by atoms with Gasteiger partial charge in [-0.25, -0.2) is 4.98 Å². The highest BCUT2D eigenvalue weighted by molar-refractivity contribution is 5.81. The Hall–Kier alpha value is -1.32. The lowest BCUT2D eigenvalue weighted by molar-refractivity contribution is -0.122. The van der Waals surface area contributed by atoms with Crippen molar-refractivity contribution in [3.8, 4) is 0 Å². The minimum Gasteiger partial charge on any atom is -0.451 e. The molecule has 1 aromatic heterocycles. The van der Waals surface area contributed by atoms with Gasteiger partial charge in [0.05, 0.1) is 12.2 Å². The number of nitrogens with zero attached hydrogens (tertiary/aromatic N) is 1. The summed E-state index contributed by atoms with van der Waals surface area (Å²) in [7, 11) is 0. The summed E-state index contributed by atoms with van der Waals surface area (Å²) in [5, 5.41) is 2.82. The van der Waals surface area contributed by atoms with Gasteiger partial charge in [-0.3, -0.25) is 4.79 Å². The molecule has 0 saturated heterocycles. The molecule has 1 amide bonds. The van der Waals surface area contributed by atoms with Crippen LogP contribution >= 0.6 is 0 Å². The SMILES string of the molecule is C[C@H]1C[C@@H]1C(=O)NCc1cocn1. The van der Waals surface area contributed by atoms with Crippen LogP contribution in [0.15, 0.2) is 17.1 Å². The number of aromatic nitrogens is 1. The van der Waals surface area contributed by atoms with Gasteiger partial charge in [-0.15, -0.1) is 0 Å². The maximum absolute atomic E-state index is 11.3. The van der Waals surface area contributed by atoms with E-state index in [1.807, 2.05) is 0 Å². The van der Waals surface area contributed by atoms with Crippen molar-refractivity contribution in [3.05, 3.63) is 18.4 Å². The molecule has 0 aromatic carbocycles. The first-order valence-electron chi connectivity index (χ1n) is 4.42. The van der Waals surface area contributed by atoms with Crippen LogP contribution < -0.4 is 5.32 Å². The molecule has 0 unspecified atom stereocenters. The number of hydrogen-bond acceptors (Lipinski definition) is 3. The van der Waals surface area contributed by atoms with E-state index in [2.05, 4.69) is 17.2 Å². The van der Waals surface area contributed by atoms with Crippen LogP contribution in [-0.2, 0) is 11.3 Å². The molecule has 1 aromatic rings. The van der Waals surface area contributed by atoms with Crippen molar-refractivity contribution in [3.63, 3.8) is 0 Å². The topological polar surface area (TPSA) is 55.1 Å². The molecule has 4 heteroatoms. The van der Waals surface area contributed by atoms with Crippen LogP contribution in [0.3, 0.4) is 0 Å². The predicted molar refractivity (Wildman–Crippen MR) is 45.6 cm³/mol. The average Bonchev–Trinajstić information content (AvgIpc) is 2.68. The Morgan fingerprint density at radius 3 is 3.15 bits per heavy atom. The molecule has 2 rings (SSSR count). The van der Waals surface area contributed by atoms with E-state index in [4.69, 9.17) is 4.42 Å². The summed E-state index contributed by atoms with van der Waals surface area (Å²) in [6.07, 6.45) is 3.92. The van der Waals surface area contributed by atoms with Gasteiger partial charge < -0.3 is 9.73 Å². The maximum Gasteiger partial charge on any atom is 0.223 e. The van der Waals surface area contributed by atoms with Gasteiger partial charge in [0.25, 0.3) is 0 Å². The molecule has 0 bridgehead atoms. The standard InChI is InChI=1S/C9H12N2O2/c1-6-2-8(6)9(12)10-3-7-4-13-5-11-7/h4-6,8H,2-3H2,1H3,(H,10,12)/t6-,8-/m0/s1. The van der Waals surface area contributed by atoms with Crippen molar-refractivity contribution in [1.82, 2.24) is 10.3 Å². The van der Waals surface area contributed by atoms with Crippen LogP contribution in [0.1, 0.15) is 19.0 Å². The number of rotatable bonds is 3. The second kappa shape index (κ2) is 3.20. The Labute approximate surface area is 76.3 Å². The van der Waals surface area contributed by atoms with E-state index in [0.717, 1.165) is 12.1 Å². The molecular formula is C9H12N2O2. The van der Waals surface area contributed by atoms with E-state index < -0.39 is 0 Å². The van der Waals surface area contributed by atoms with Gasteiger partial charge in [-0.1, -0.05) is 6.92 Å². The van der Waals surface area contributed by atoms with Gasteiger partial charge in [0, 0.05) is 5.92 Å². The Morgan fingerprint density at radius 1 is 1.85 bits per heavy atom. The monoisotopic (exact) mass is 180 g/mol. The van der Waals surface area contributed by atoms with Crippen LogP contribution in [-0.4, -0.2) is 10.9 Å². The van der Waals surface area contributed by atoms with Crippen molar-refractivity contribution in [1.29, 1.82) is 0 Å². The first kappa shape index (κ1) is 8.29. The molecule has 4 nitrogen and oxygen atoms in total. The van der Waals surface area contributed by atoms with Gasteiger partial charge in [0.15, 0.2) is 6.39 Å². The Kier molecular flexibility index (Phi) is 2.04. The zero-order valence-corrected chi connectivity index (χ0v) is 7.49. The summed E-state index contributed by atoms with van der Waals surface area (Å²) in [6.45, 7) is 2.55. The second-order valence-electron chi connectivity index (χ2n) is 3.52. The lowest BCUT2D eigenvalue weighted by atomic mass is 10.3. The summed E-state index contributed by atoms with van der Waals surface area (Å²) in [4.78, 5) is 15.2. The molecule has 13 heavy (non-hydrogen) atoms. The molecule has 70 valence electrons. The molecule has 0 aliphatic heterocycles. The van der Waals surface area contributed by atoms with Crippen molar-refractivity contribution >= 4 is 5.91 Å². The van der Waals surface area contributed by atoms with E-state index in [-0.39, 0.29) is 11.8 Å². The molecule has 1 aliphatic rings. The summed E-state index contributed by atoms with van der Waals surface area (Å²) in [5.41, 5.74) is 0.765. The van der Waals surface area contributed by atoms with E-state index in [1.165, 1.54) is 12.7 Å². The Morgan fingerprint density at radius 2 is 2.62 bits per heavy atom.